The second-order valence-corrected chi connectivity index (χ2v) is 7.98. The highest BCUT2D eigenvalue weighted by Gasteiger charge is 2.16. The highest BCUT2D eigenvalue weighted by Crippen LogP contribution is 2.19. The monoisotopic (exact) mass is 397 g/mol. The van der Waals surface area contributed by atoms with E-state index in [-0.39, 0.29) is 4.90 Å². The Morgan fingerprint density at radius 3 is 2.57 bits per heavy atom. The van der Waals surface area contributed by atoms with Gasteiger partial charge in [0.05, 0.1) is 23.9 Å². The maximum absolute atomic E-state index is 12.5. The van der Waals surface area contributed by atoms with Crippen LogP contribution in [0.25, 0.3) is 0 Å². The molecule has 0 bridgehead atoms. The van der Waals surface area contributed by atoms with Crippen molar-refractivity contribution in [1.82, 2.24) is 4.98 Å². The molecule has 3 rings (SSSR count). The van der Waals surface area contributed by atoms with Crippen LogP contribution in [-0.4, -0.2) is 27.1 Å². The van der Waals surface area contributed by atoms with E-state index in [2.05, 4.69) is 15.0 Å². The fraction of sp³-hybridized carbons (Fsp3) is 0.190. The van der Waals surface area contributed by atoms with Gasteiger partial charge in [-0.25, -0.2) is 13.4 Å². The van der Waals surface area contributed by atoms with Crippen LogP contribution in [0, 0.1) is 6.92 Å². The van der Waals surface area contributed by atoms with E-state index in [1.165, 1.54) is 6.20 Å². The summed E-state index contributed by atoms with van der Waals surface area (Å²) in [5, 5.41) is 3.23. The van der Waals surface area contributed by atoms with E-state index >= 15 is 0 Å². The Hall–Kier alpha value is -3.06. The summed E-state index contributed by atoms with van der Waals surface area (Å²) < 4.78 is 32.8. The normalized spacial score (nSPS) is 11.1. The molecule has 3 aromatic rings. The van der Waals surface area contributed by atoms with Gasteiger partial charge in [0.2, 0.25) is 0 Å². The molecule has 0 saturated heterocycles. The number of aromatic nitrogens is 1. The fourth-order valence-corrected chi connectivity index (χ4v) is 4.08. The zero-order valence-corrected chi connectivity index (χ0v) is 16.7. The number of sulfonamides is 1. The predicted molar refractivity (Wildman–Crippen MR) is 111 cm³/mol. The summed E-state index contributed by atoms with van der Waals surface area (Å²) in [7, 11) is -1.99. The Morgan fingerprint density at radius 1 is 1.04 bits per heavy atom. The lowest BCUT2D eigenvalue weighted by Gasteiger charge is -2.11. The fourth-order valence-electron chi connectivity index (χ4n) is 2.79. The molecule has 0 atom stereocenters. The molecule has 2 N–H and O–H groups in total. The molecule has 0 fully saturated rings. The number of benzene rings is 2. The molecule has 0 unspecified atom stereocenters. The summed E-state index contributed by atoms with van der Waals surface area (Å²) in [4.78, 5) is 4.54. The number of ether oxygens (including phenoxy) is 1. The number of rotatable bonds is 8. The molecule has 6 nitrogen and oxygen atoms in total. The molecule has 1 heterocycles. The van der Waals surface area contributed by atoms with E-state index in [4.69, 9.17) is 4.74 Å². The molecule has 0 amide bonds. The Bertz CT molecular complexity index is 1030. The van der Waals surface area contributed by atoms with Gasteiger partial charge < -0.3 is 10.1 Å². The van der Waals surface area contributed by atoms with Gasteiger partial charge >= 0.3 is 0 Å². The van der Waals surface area contributed by atoms with Crippen LogP contribution in [0.15, 0.2) is 71.8 Å². The first kappa shape index (κ1) is 19.7. The van der Waals surface area contributed by atoms with Crippen LogP contribution in [0.5, 0.6) is 5.75 Å². The Balaban J connectivity index is 1.58. The smallest absolute Gasteiger partial charge is 0.262 e. The maximum Gasteiger partial charge on any atom is 0.262 e. The van der Waals surface area contributed by atoms with Crippen LogP contribution in [-0.2, 0) is 16.4 Å². The molecule has 146 valence electrons. The van der Waals surface area contributed by atoms with Crippen molar-refractivity contribution in [1.29, 1.82) is 0 Å². The first-order valence-corrected chi connectivity index (χ1v) is 10.4. The SMILES string of the molecule is COc1cccc(CCNc2ccc(NS(=O)(=O)c3ccccc3C)cn2)c1. The van der Waals surface area contributed by atoms with Gasteiger partial charge in [0.15, 0.2) is 0 Å². The standard InChI is InChI=1S/C21H23N3O3S/c1-16-6-3-4-9-20(16)28(25,26)24-18-10-11-21(23-15-18)22-13-12-17-7-5-8-19(14-17)27-2/h3-11,14-15,24H,12-13H2,1-2H3,(H,22,23). The summed E-state index contributed by atoms with van der Waals surface area (Å²) in [5.41, 5.74) is 2.27. The van der Waals surface area contributed by atoms with Gasteiger partial charge in [-0.05, 0) is 54.8 Å². The van der Waals surface area contributed by atoms with E-state index in [1.54, 1.807) is 44.4 Å². The average Bonchev–Trinajstić information content (AvgIpc) is 2.69. The highest BCUT2D eigenvalue weighted by atomic mass is 32.2. The number of anilines is 2. The molecule has 0 aliphatic heterocycles. The summed E-state index contributed by atoms with van der Waals surface area (Å²) in [6.07, 6.45) is 2.32. The van der Waals surface area contributed by atoms with Crippen molar-refractivity contribution in [3.05, 3.63) is 78.0 Å². The Labute approximate surface area is 165 Å². The van der Waals surface area contributed by atoms with Crippen molar-refractivity contribution in [3.8, 4) is 5.75 Å². The third-order valence-corrected chi connectivity index (χ3v) is 5.79. The van der Waals surface area contributed by atoms with Gasteiger partial charge in [-0.3, -0.25) is 4.72 Å². The largest absolute Gasteiger partial charge is 0.497 e. The molecule has 28 heavy (non-hydrogen) atoms. The second-order valence-electron chi connectivity index (χ2n) is 6.33. The van der Waals surface area contributed by atoms with E-state index in [9.17, 15) is 8.42 Å². The van der Waals surface area contributed by atoms with Crippen molar-refractivity contribution < 1.29 is 13.2 Å². The molecule has 2 aromatic carbocycles. The van der Waals surface area contributed by atoms with Crippen LogP contribution in [0.1, 0.15) is 11.1 Å². The first-order chi connectivity index (χ1) is 13.5. The second kappa shape index (κ2) is 8.75. The van der Waals surface area contributed by atoms with Crippen molar-refractivity contribution in [2.75, 3.05) is 23.7 Å². The minimum absolute atomic E-state index is 0.260. The van der Waals surface area contributed by atoms with E-state index < -0.39 is 10.0 Å². The number of pyridine rings is 1. The molecular formula is C21H23N3O3S. The summed E-state index contributed by atoms with van der Waals surface area (Å²) in [6, 6.07) is 18.2. The highest BCUT2D eigenvalue weighted by molar-refractivity contribution is 7.92. The van der Waals surface area contributed by atoms with E-state index in [1.807, 2.05) is 30.3 Å². The predicted octanol–water partition coefficient (Wildman–Crippen LogP) is 3.85. The number of hydrogen-bond acceptors (Lipinski definition) is 5. The number of aryl methyl sites for hydroxylation is 1. The molecule has 0 saturated carbocycles. The van der Waals surface area contributed by atoms with E-state index in [0.29, 0.717) is 23.6 Å². The van der Waals surface area contributed by atoms with Gasteiger partial charge in [-0.15, -0.1) is 0 Å². The van der Waals surface area contributed by atoms with Crippen LogP contribution in [0.3, 0.4) is 0 Å². The molecule has 0 spiro atoms. The lowest BCUT2D eigenvalue weighted by atomic mass is 10.1. The number of hydrogen-bond donors (Lipinski definition) is 2. The summed E-state index contributed by atoms with van der Waals surface area (Å²) in [6.45, 7) is 2.47. The van der Waals surface area contributed by atoms with Crippen molar-refractivity contribution in [2.24, 2.45) is 0 Å². The minimum Gasteiger partial charge on any atom is -0.497 e. The number of methoxy groups -OCH3 is 1. The topological polar surface area (TPSA) is 80.3 Å². The van der Waals surface area contributed by atoms with Crippen LogP contribution in [0.2, 0.25) is 0 Å². The third kappa shape index (κ3) is 5.01. The number of nitrogens with zero attached hydrogens (tertiary/aromatic N) is 1. The van der Waals surface area contributed by atoms with Gasteiger partial charge in [-0.1, -0.05) is 30.3 Å². The van der Waals surface area contributed by atoms with Crippen LogP contribution >= 0.6 is 0 Å². The van der Waals surface area contributed by atoms with Crippen LogP contribution < -0.4 is 14.8 Å². The lowest BCUT2D eigenvalue weighted by molar-refractivity contribution is 0.414. The van der Waals surface area contributed by atoms with Gasteiger partial charge in [-0.2, -0.15) is 0 Å². The molecule has 7 heteroatoms. The molecule has 0 aliphatic rings. The maximum atomic E-state index is 12.5. The molecule has 0 radical (unpaired) electrons. The average molecular weight is 398 g/mol. The van der Waals surface area contributed by atoms with Crippen molar-refractivity contribution >= 4 is 21.5 Å². The zero-order chi connectivity index (χ0) is 20.0. The summed E-state index contributed by atoms with van der Waals surface area (Å²) >= 11 is 0. The molecular weight excluding hydrogens is 374 g/mol. The Morgan fingerprint density at radius 2 is 1.86 bits per heavy atom. The molecule has 0 aliphatic carbocycles. The van der Waals surface area contributed by atoms with Crippen LogP contribution in [0.4, 0.5) is 11.5 Å². The quantitative estimate of drug-likeness (QED) is 0.603. The zero-order valence-electron chi connectivity index (χ0n) is 15.8. The van der Waals surface area contributed by atoms with Gasteiger partial charge in [0.1, 0.15) is 11.6 Å². The minimum atomic E-state index is -3.64. The van der Waals surface area contributed by atoms with E-state index in [0.717, 1.165) is 17.7 Å². The van der Waals surface area contributed by atoms with Gasteiger partial charge in [0, 0.05) is 6.54 Å². The lowest BCUT2D eigenvalue weighted by Crippen LogP contribution is -2.14. The molecule has 1 aromatic heterocycles. The van der Waals surface area contributed by atoms with Crippen molar-refractivity contribution in [2.45, 2.75) is 18.2 Å². The first-order valence-electron chi connectivity index (χ1n) is 8.89. The summed E-state index contributed by atoms with van der Waals surface area (Å²) in [5.74, 6) is 1.52. The number of nitrogens with one attached hydrogen (secondary N) is 2. The van der Waals surface area contributed by atoms with Crippen molar-refractivity contribution in [3.63, 3.8) is 0 Å². The third-order valence-electron chi connectivity index (χ3n) is 4.25. The van der Waals surface area contributed by atoms with Gasteiger partial charge in [0.25, 0.3) is 10.0 Å². The Kier molecular flexibility index (Phi) is 6.16.